The van der Waals surface area contributed by atoms with Gasteiger partial charge < -0.3 is 9.64 Å². The van der Waals surface area contributed by atoms with E-state index >= 15 is 0 Å². The maximum Gasteiger partial charge on any atom is 0.258 e. The first-order valence-corrected chi connectivity index (χ1v) is 7.60. The Morgan fingerprint density at radius 3 is 2.65 bits per heavy atom. The summed E-state index contributed by atoms with van der Waals surface area (Å²) < 4.78 is 5.58. The Morgan fingerprint density at radius 1 is 1.15 bits per heavy atom. The maximum atomic E-state index is 12.6. The fourth-order valence-corrected chi connectivity index (χ4v) is 2.65. The van der Waals surface area contributed by atoms with Crippen molar-refractivity contribution in [3.8, 4) is 5.75 Å². The van der Waals surface area contributed by atoms with Gasteiger partial charge >= 0.3 is 0 Å². The first kappa shape index (κ1) is 13.2. The third kappa shape index (κ3) is 2.43. The number of halogens is 1. The third-order valence-corrected chi connectivity index (χ3v) is 3.98. The molecule has 2 aromatic rings. The maximum absolute atomic E-state index is 12.6. The number of alkyl halides is 1. The molecule has 20 heavy (non-hydrogen) atoms. The lowest BCUT2D eigenvalue weighted by Gasteiger charge is -2.29. The zero-order valence-electron chi connectivity index (χ0n) is 10.9. The van der Waals surface area contributed by atoms with Gasteiger partial charge in [0, 0.05) is 10.9 Å². The Kier molecular flexibility index (Phi) is 3.74. The molecule has 102 valence electrons. The summed E-state index contributed by atoms with van der Waals surface area (Å²) in [5, 5.41) is 0.794. The van der Waals surface area contributed by atoms with E-state index in [9.17, 15) is 4.79 Å². The number of carbonyl (C=O) groups is 1. The van der Waals surface area contributed by atoms with Gasteiger partial charge in [0.15, 0.2) is 0 Å². The topological polar surface area (TPSA) is 29.5 Å². The van der Waals surface area contributed by atoms with Crippen LogP contribution >= 0.6 is 15.9 Å². The van der Waals surface area contributed by atoms with Gasteiger partial charge in [-0.15, -0.1) is 0 Å². The minimum atomic E-state index is 0.0156. The highest BCUT2D eigenvalue weighted by atomic mass is 79.9. The standard InChI is InChI=1S/C16H14BrNO2/c17-11-12-5-7-13(8-6-12)16(19)18-9-10-20-15-4-2-1-3-14(15)18/h1-8H,9-11H2. The van der Waals surface area contributed by atoms with Crippen LogP contribution in [0.1, 0.15) is 15.9 Å². The summed E-state index contributed by atoms with van der Waals surface area (Å²) in [6, 6.07) is 15.3. The molecule has 0 atom stereocenters. The monoisotopic (exact) mass is 331 g/mol. The summed E-state index contributed by atoms with van der Waals surface area (Å²) in [6.45, 7) is 1.11. The van der Waals surface area contributed by atoms with Gasteiger partial charge in [0.2, 0.25) is 0 Å². The number of hydrogen-bond donors (Lipinski definition) is 0. The van der Waals surface area contributed by atoms with Crippen molar-refractivity contribution in [1.29, 1.82) is 0 Å². The minimum Gasteiger partial charge on any atom is -0.490 e. The van der Waals surface area contributed by atoms with Crippen molar-refractivity contribution in [3.05, 3.63) is 59.7 Å². The number of para-hydroxylation sites is 2. The number of nitrogens with zero attached hydrogens (tertiary/aromatic N) is 1. The Morgan fingerprint density at radius 2 is 1.90 bits per heavy atom. The number of rotatable bonds is 2. The second-order valence-corrected chi connectivity index (χ2v) is 5.16. The first-order chi connectivity index (χ1) is 9.79. The van der Waals surface area contributed by atoms with E-state index in [2.05, 4.69) is 15.9 Å². The number of carbonyl (C=O) groups excluding carboxylic acids is 1. The highest BCUT2D eigenvalue weighted by molar-refractivity contribution is 9.08. The van der Waals surface area contributed by atoms with Crippen LogP contribution in [-0.4, -0.2) is 19.1 Å². The molecule has 0 fully saturated rings. The molecule has 0 N–H and O–H groups in total. The molecule has 0 saturated carbocycles. The zero-order chi connectivity index (χ0) is 13.9. The van der Waals surface area contributed by atoms with E-state index in [0.29, 0.717) is 18.7 Å². The van der Waals surface area contributed by atoms with Crippen molar-refractivity contribution >= 4 is 27.5 Å². The van der Waals surface area contributed by atoms with Crippen LogP contribution in [0.15, 0.2) is 48.5 Å². The van der Waals surface area contributed by atoms with Crippen LogP contribution in [0, 0.1) is 0 Å². The Hall–Kier alpha value is -1.81. The summed E-state index contributed by atoms with van der Waals surface area (Å²) >= 11 is 3.41. The number of ether oxygens (including phenoxy) is 1. The van der Waals surface area contributed by atoms with Gasteiger partial charge in [0.05, 0.1) is 12.2 Å². The minimum absolute atomic E-state index is 0.0156. The number of fused-ring (bicyclic) bond motifs is 1. The lowest BCUT2D eigenvalue weighted by atomic mass is 10.1. The fraction of sp³-hybridized carbons (Fsp3) is 0.188. The van der Waals surface area contributed by atoms with Crippen LogP contribution < -0.4 is 9.64 Å². The SMILES string of the molecule is O=C(c1ccc(CBr)cc1)N1CCOc2ccccc21. The van der Waals surface area contributed by atoms with E-state index in [4.69, 9.17) is 4.74 Å². The molecule has 1 aliphatic heterocycles. The molecule has 0 aromatic heterocycles. The average Bonchev–Trinajstić information content (AvgIpc) is 2.54. The normalized spacial score (nSPS) is 13.6. The molecule has 0 bridgehead atoms. The second-order valence-electron chi connectivity index (χ2n) is 4.60. The average molecular weight is 332 g/mol. The van der Waals surface area contributed by atoms with Crippen molar-refractivity contribution in [3.63, 3.8) is 0 Å². The van der Waals surface area contributed by atoms with E-state index < -0.39 is 0 Å². The van der Waals surface area contributed by atoms with Crippen LogP contribution in [0.3, 0.4) is 0 Å². The molecular weight excluding hydrogens is 318 g/mol. The van der Waals surface area contributed by atoms with Crippen molar-refractivity contribution < 1.29 is 9.53 Å². The van der Waals surface area contributed by atoms with Gasteiger partial charge in [-0.2, -0.15) is 0 Å². The van der Waals surface area contributed by atoms with Crippen molar-refractivity contribution in [1.82, 2.24) is 0 Å². The van der Waals surface area contributed by atoms with Gasteiger partial charge in [-0.3, -0.25) is 4.79 Å². The first-order valence-electron chi connectivity index (χ1n) is 6.48. The van der Waals surface area contributed by atoms with Crippen molar-refractivity contribution in [2.45, 2.75) is 5.33 Å². The molecule has 3 rings (SSSR count). The molecule has 4 heteroatoms. The molecular formula is C16H14BrNO2. The summed E-state index contributed by atoms with van der Waals surface area (Å²) in [7, 11) is 0. The molecule has 0 unspecified atom stereocenters. The molecule has 1 amide bonds. The van der Waals surface area contributed by atoms with Crippen LogP contribution in [0.25, 0.3) is 0 Å². The third-order valence-electron chi connectivity index (χ3n) is 3.33. The van der Waals surface area contributed by atoms with Crippen LogP contribution in [-0.2, 0) is 5.33 Å². The largest absolute Gasteiger partial charge is 0.490 e. The lowest BCUT2D eigenvalue weighted by molar-refractivity contribution is 0.0976. The molecule has 0 spiro atoms. The van der Waals surface area contributed by atoms with Gasteiger partial charge in [-0.25, -0.2) is 0 Å². The summed E-state index contributed by atoms with van der Waals surface area (Å²) in [5.74, 6) is 0.783. The van der Waals surface area contributed by atoms with Gasteiger partial charge in [-0.1, -0.05) is 40.2 Å². The molecule has 1 aliphatic rings. The highest BCUT2D eigenvalue weighted by Gasteiger charge is 2.24. The second kappa shape index (κ2) is 5.67. The highest BCUT2D eigenvalue weighted by Crippen LogP contribution is 2.31. The lowest BCUT2D eigenvalue weighted by Crippen LogP contribution is -2.37. The number of hydrogen-bond acceptors (Lipinski definition) is 2. The van der Waals surface area contributed by atoms with Crippen molar-refractivity contribution in [2.75, 3.05) is 18.1 Å². The molecule has 0 saturated heterocycles. The van der Waals surface area contributed by atoms with E-state index in [0.717, 1.165) is 22.3 Å². The summed E-state index contributed by atoms with van der Waals surface area (Å²) in [6.07, 6.45) is 0. The number of benzene rings is 2. The molecule has 0 radical (unpaired) electrons. The Bertz CT molecular complexity index is 625. The fourth-order valence-electron chi connectivity index (χ4n) is 2.27. The smallest absolute Gasteiger partial charge is 0.258 e. The molecule has 1 heterocycles. The zero-order valence-corrected chi connectivity index (χ0v) is 12.5. The Balaban J connectivity index is 1.91. The molecule has 3 nitrogen and oxygen atoms in total. The Labute approximate surface area is 126 Å². The quantitative estimate of drug-likeness (QED) is 0.786. The van der Waals surface area contributed by atoms with Gasteiger partial charge in [0.25, 0.3) is 5.91 Å². The van der Waals surface area contributed by atoms with E-state index in [1.165, 1.54) is 0 Å². The van der Waals surface area contributed by atoms with Gasteiger partial charge in [0.1, 0.15) is 12.4 Å². The van der Waals surface area contributed by atoms with E-state index in [-0.39, 0.29) is 5.91 Å². The molecule has 0 aliphatic carbocycles. The number of anilines is 1. The molecule has 2 aromatic carbocycles. The van der Waals surface area contributed by atoms with Crippen LogP contribution in [0.2, 0.25) is 0 Å². The predicted molar refractivity (Wildman–Crippen MR) is 82.7 cm³/mol. The van der Waals surface area contributed by atoms with Crippen LogP contribution in [0.4, 0.5) is 5.69 Å². The van der Waals surface area contributed by atoms with Crippen LogP contribution in [0.5, 0.6) is 5.75 Å². The number of amides is 1. The summed E-state index contributed by atoms with van der Waals surface area (Å²) in [4.78, 5) is 14.4. The summed E-state index contributed by atoms with van der Waals surface area (Å²) in [5.41, 5.74) is 2.70. The van der Waals surface area contributed by atoms with Gasteiger partial charge in [-0.05, 0) is 29.8 Å². The predicted octanol–water partition coefficient (Wildman–Crippen LogP) is 3.62. The van der Waals surface area contributed by atoms with E-state index in [1.54, 1.807) is 4.90 Å². The van der Waals surface area contributed by atoms with Crippen molar-refractivity contribution in [2.24, 2.45) is 0 Å². The van der Waals surface area contributed by atoms with E-state index in [1.807, 2.05) is 48.5 Å².